The number of esters is 1. The number of sulfone groups is 1. The van der Waals surface area contributed by atoms with E-state index in [1.165, 1.54) is 38.3 Å². The number of Topliss-reactive ketones (excluding diaryl/α,β-unsaturated/α-hetero) is 1. The normalized spacial score (nSPS) is 11.4. The van der Waals surface area contributed by atoms with Crippen LogP contribution in [-0.2, 0) is 35.3 Å². The van der Waals surface area contributed by atoms with Gasteiger partial charge in [-0.2, -0.15) is 0 Å². The number of ether oxygens (including phenoxy) is 2. The standard InChI is InChI=1S/C25H30O8S.4CH4.B/c1-18(26)16-22(13-10-19-8-11-20(12-9-19)25(28)29)33-24(27)17-21(32-2)14-15-34(30,31)23-6-4-3-5-7-23;;;;;/h3-9,11-12,21-22H,10,13-17H2,1-2H3,(H,28,29);4*1H4;. The van der Waals surface area contributed by atoms with Crippen LogP contribution in [0.2, 0.25) is 0 Å². The van der Waals surface area contributed by atoms with Crippen molar-refractivity contribution in [2.45, 2.75) is 85.8 Å². The van der Waals surface area contributed by atoms with E-state index in [1.54, 1.807) is 30.3 Å². The summed E-state index contributed by atoms with van der Waals surface area (Å²) in [5.41, 5.74) is 1.03. The molecule has 0 saturated carbocycles. The van der Waals surface area contributed by atoms with Crippen molar-refractivity contribution in [3.05, 3.63) is 65.7 Å². The minimum atomic E-state index is -3.50. The number of aryl methyl sites for hydroxylation is 1. The van der Waals surface area contributed by atoms with Crippen LogP contribution in [0.5, 0.6) is 0 Å². The topological polar surface area (TPSA) is 124 Å². The van der Waals surface area contributed by atoms with Crippen molar-refractivity contribution in [3.8, 4) is 0 Å². The molecule has 2 atom stereocenters. The monoisotopic (exact) mass is 565 g/mol. The molecule has 0 aliphatic carbocycles. The predicted molar refractivity (Wildman–Crippen MR) is 158 cm³/mol. The van der Waals surface area contributed by atoms with Gasteiger partial charge in [-0.3, -0.25) is 9.59 Å². The van der Waals surface area contributed by atoms with Crippen molar-refractivity contribution in [3.63, 3.8) is 0 Å². The van der Waals surface area contributed by atoms with Crippen LogP contribution in [0.3, 0.4) is 0 Å². The summed E-state index contributed by atoms with van der Waals surface area (Å²) in [5, 5.41) is 8.99. The van der Waals surface area contributed by atoms with E-state index in [9.17, 15) is 22.8 Å². The van der Waals surface area contributed by atoms with Gasteiger partial charge >= 0.3 is 11.9 Å². The lowest BCUT2D eigenvalue weighted by Crippen LogP contribution is -2.26. The summed E-state index contributed by atoms with van der Waals surface area (Å²) in [6.45, 7) is 1.41. The molecule has 0 heterocycles. The molecule has 219 valence electrons. The molecule has 0 spiro atoms. The highest BCUT2D eigenvalue weighted by Gasteiger charge is 2.23. The number of ketones is 1. The van der Waals surface area contributed by atoms with Gasteiger partial charge in [0.05, 0.1) is 28.7 Å². The summed E-state index contributed by atoms with van der Waals surface area (Å²) in [5.74, 6) is -1.89. The van der Waals surface area contributed by atoms with Gasteiger partial charge in [-0.15, -0.1) is 0 Å². The third-order valence-corrected chi connectivity index (χ3v) is 7.07. The molecule has 1 N–H and O–H groups in total. The Kier molecular flexibility index (Phi) is 23.1. The molecule has 0 aliphatic rings. The van der Waals surface area contributed by atoms with Crippen molar-refractivity contribution in [2.75, 3.05) is 12.9 Å². The molecule has 0 aromatic heterocycles. The summed E-state index contributed by atoms with van der Waals surface area (Å²) < 4.78 is 35.8. The second-order valence-electron chi connectivity index (χ2n) is 8.04. The zero-order chi connectivity index (χ0) is 25.1. The number of carbonyl (C=O) groups is 3. The Labute approximate surface area is 237 Å². The Balaban J connectivity index is -0.00000122. The maximum Gasteiger partial charge on any atom is 0.335 e. The molecule has 39 heavy (non-hydrogen) atoms. The van der Waals surface area contributed by atoms with Crippen LogP contribution < -0.4 is 0 Å². The Morgan fingerprint density at radius 2 is 1.41 bits per heavy atom. The van der Waals surface area contributed by atoms with E-state index in [1.807, 2.05) is 0 Å². The number of hydrogen-bond acceptors (Lipinski definition) is 7. The molecule has 2 rings (SSSR count). The molecular formula is C29H46BO8S. The quantitative estimate of drug-likeness (QED) is 0.231. The summed E-state index contributed by atoms with van der Waals surface area (Å²) in [6.07, 6.45) is -0.369. The zero-order valence-electron chi connectivity index (χ0n) is 19.9. The smallest absolute Gasteiger partial charge is 0.335 e. The summed E-state index contributed by atoms with van der Waals surface area (Å²) in [7, 11) is -2.10. The number of methoxy groups -OCH3 is 1. The molecule has 2 unspecified atom stereocenters. The minimum Gasteiger partial charge on any atom is -0.478 e. The van der Waals surface area contributed by atoms with Crippen LogP contribution in [0.1, 0.15) is 78.2 Å². The summed E-state index contributed by atoms with van der Waals surface area (Å²) in [6, 6.07) is 14.4. The average Bonchev–Trinajstić information content (AvgIpc) is 2.80. The highest BCUT2D eigenvalue weighted by molar-refractivity contribution is 7.91. The minimum absolute atomic E-state index is 0. The van der Waals surface area contributed by atoms with Crippen LogP contribution in [0.4, 0.5) is 0 Å². The van der Waals surface area contributed by atoms with Gasteiger partial charge in [0.15, 0.2) is 9.84 Å². The van der Waals surface area contributed by atoms with Gasteiger partial charge in [-0.05, 0) is 56.0 Å². The number of aromatic carboxylic acids is 1. The first-order valence-corrected chi connectivity index (χ1v) is 12.6. The van der Waals surface area contributed by atoms with E-state index in [2.05, 4.69) is 0 Å². The van der Waals surface area contributed by atoms with Gasteiger partial charge in [-0.25, -0.2) is 13.2 Å². The van der Waals surface area contributed by atoms with E-state index in [0.717, 1.165) is 5.56 Å². The lowest BCUT2D eigenvalue weighted by molar-refractivity contribution is -0.153. The van der Waals surface area contributed by atoms with E-state index >= 15 is 0 Å². The third kappa shape index (κ3) is 15.3. The first-order chi connectivity index (χ1) is 16.1. The van der Waals surface area contributed by atoms with Crippen molar-refractivity contribution < 1.29 is 37.4 Å². The average molecular weight is 566 g/mol. The largest absolute Gasteiger partial charge is 0.478 e. The zero-order valence-corrected chi connectivity index (χ0v) is 20.7. The molecule has 0 amide bonds. The van der Waals surface area contributed by atoms with Crippen molar-refractivity contribution in [1.82, 2.24) is 0 Å². The lowest BCUT2D eigenvalue weighted by Gasteiger charge is -2.19. The van der Waals surface area contributed by atoms with E-state index < -0.39 is 34.0 Å². The van der Waals surface area contributed by atoms with Gasteiger partial charge in [0.1, 0.15) is 11.9 Å². The van der Waals surface area contributed by atoms with Crippen LogP contribution >= 0.6 is 0 Å². The van der Waals surface area contributed by atoms with E-state index in [4.69, 9.17) is 14.6 Å². The van der Waals surface area contributed by atoms with Gasteiger partial charge in [0, 0.05) is 21.9 Å². The molecule has 2 aromatic rings. The summed E-state index contributed by atoms with van der Waals surface area (Å²) in [4.78, 5) is 35.3. The van der Waals surface area contributed by atoms with Crippen molar-refractivity contribution in [1.29, 1.82) is 0 Å². The molecule has 8 nitrogen and oxygen atoms in total. The molecular weight excluding hydrogens is 519 g/mol. The Morgan fingerprint density at radius 3 is 1.90 bits per heavy atom. The number of carboxylic acids is 1. The van der Waals surface area contributed by atoms with E-state index in [0.29, 0.717) is 12.8 Å². The van der Waals surface area contributed by atoms with E-state index in [-0.39, 0.29) is 79.4 Å². The molecule has 3 radical (unpaired) electrons. The molecule has 0 aliphatic heterocycles. The lowest BCUT2D eigenvalue weighted by atomic mass is 10.0. The third-order valence-electron chi connectivity index (χ3n) is 5.31. The fraction of sp³-hybridized carbons (Fsp3) is 0.483. The molecule has 10 heteroatoms. The van der Waals surface area contributed by atoms with Crippen LogP contribution in [-0.4, -0.2) is 64.7 Å². The number of carbonyl (C=O) groups excluding carboxylic acids is 2. The fourth-order valence-corrected chi connectivity index (χ4v) is 4.80. The predicted octanol–water partition coefficient (Wildman–Crippen LogP) is 5.64. The Morgan fingerprint density at radius 1 is 0.846 bits per heavy atom. The van der Waals surface area contributed by atoms with Crippen LogP contribution in [0, 0.1) is 0 Å². The summed E-state index contributed by atoms with van der Waals surface area (Å²) >= 11 is 0. The maximum atomic E-state index is 12.5. The highest BCUT2D eigenvalue weighted by atomic mass is 32.2. The number of rotatable bonds is 14. The first kappa shape index (κ1) is 43.1. The molecule has 0 bridgehead atoms. The fourth-order valence-electron chi connectivity index (χ4n) is 3.42. The number of carboxylic acid groups (broad SMARTS) is 1. The van der Waals surface area contributed by atoms with Gasteiger partial charge in [0.2, 0.25) is 0 Å². The molecule has 0 fully saturated rings. The van der Waals surface area contributed by atoms with Crippen LogP contribution in [0.25, 0.3) is 0 Å². The highest BCUT2D eigenvalue weighted by Crippen LogP contribution is 2.17. The number of hydrogen-bond donors (Lipinski definition) is 1. The van der Waals surface area contributed by atoms with Crippen molar-refractivity contribution >= 4 is 36.0 Å². The van der Waals surface area contributed by atoms with Gasteiger partial charge < -0.3 is 14.6 Å². The van der Waals surface area contributed by atoms with Crippen molar-refractivity contribution in [2.24, 2.45) is 0 Å². The first-order valence-electron chi connectivity index (χ1n) is 10.9. The molecule has 0 saturated heterocycles. The van der Waals surface area contributed by atoms with Crippen LogP contribution in [0.15, 0.2) is 59.5 Å². The Hall–Kier alpha value is -2.98. The van der Waals surface area contributed by atoms with Gasteiger partial charge in [0.25, 0.3) is 0 Å². The Bertz CT molecular complexity index is 1070. The second-order valence-corrected chi connectivity index (χ2v) is 10.2. The SMILES string of the molecule is C.C.C.C.COC(CCS(=O)(=O)c1ccccc1)CC(=O)OC(CCc1ccc(C(=O)O)cc1)CC(C)=O.[B]. The maximum absolute atomic E-state index is 12.5. The number of benzene rings is 2. The van der Waals surface area contributed by atoms with Gasteiger partial charge in [-0.1, -0.05) is 60.0 Å². The second kappa shape index (κ2) is 20.9. The molecule has 2 aromatic carbocycles.